The minimum atomic E-state index is -3.81. The van der Waals surface area contributed by atoms with Crippen LogP contribution in [-0.2, 0) is 10.0 Å². The maximum Gasteiger partial charge on any atom is 0.264 e. The Hall–Kier alpha value is -3.32. The number of para-hydroxylation sites is 1. The number of rotatable bonds is 7. The Morgan fingerprint density at radius 3 is 2.23 bits per heavy atom. The second kappa shape index (κ2) is 9.00. The molecule has 0 aliphatic heterocycles. The maximum absolute atomic E-state index is 13.1. The second-order valence-electron chi connectivity index (χ2n) is 6.71. The number of hydrogen-bond acceptors (Lipinski definition) is 4. The summed E-state index contributed by atoms with van der Waals surface area (Å²) < 4.78 is 32.6. The first-order valence-corrected chi connectivity index (χ1v) is 11.0. The van der Waals surface area contributed by atoms with Crippen molar-refractivity contribution < 1.29 is 17.9 Å². The summed E-state index contributed by atoms with van der Waals surface area (Å²) in [5.41, 5.74) is 2.10. The predicted molar refractivity (Wildman–Crippen MR) is 119 cm³/mol. The molecule has 0 aromatic heterocycles. The van der Waals surface area contributed by atoms with Crippen LogP contribution in [0.25, 0.3) is 0 Å². The standard InChI is InChI=1S/C23H24N2O4S/c1-4-29-19-13-11-18(12-14-19)24-23(26)21-7-5-6-8-22(21)25(3)30(27,28)20-15-9-17(2)10-16-20/h5-16H,4H2,1-3H3,(H,24,26). The number of amides is 1. The van der Waals surface area contributed by atoms with Crippen molar-refractivity contribution in [1.82, 2.24) is 0 Å². The molecular formula is C23H24N2O4S. The van der Waals surface area contributed by atoms with Crippen LogP contribution >= 0.6 is 0 Å². The summed E-state index contributed by atoms with van der Waals surface area (Å²) in [6, 6.07) is 20.2. The zero-order valence-electron chi connectivity index (χ0n) is 17.1. The molecule has 6 nitrogen and oxygen atoms in total. The summed E-state index contributed by atoms with van der Waals surface area (Å²) in [7, 11) is -2.37. The van der Waals surface area contributed by atoms with Gasteiger partial charge in [0.15, 0.2) is 0 Å². The number of carbonyl (C=O) groups excluding carboxylic acids is 1. The van der Waals surface area contributed by atoms with Crippen LogP contribution in [0.4, 0.5) is 11.4 Å². The highest BCUT2D eigenvalue weighted by Gasteiger charge is 2.25. The van der Waals surface area contributed by atoms with Crippen LogP contribution in [0, 0.1) is 6.92 Å². The van der Waals surface area contributed by atoms with Crippen LogP contribution in [0.5, 0.6) is 5.75 Å². The fourth-order valence-electron chi connectivity index (χ4n) is 2.94. The van der Waals surface area contributed by atoms with Crippen molar-refractivity contribution in [3.8, 4) is 5.75 Å². The van der Waals surface area contributed by atoms with Crippen molar-refractivity contribution in [1.29, 1.82) is 0 Å². The number of nitrogens with one attached hydrogen (secondary N) is 1. The molecule has 0 atom stereocenters. The van der Waals surface area contributed by atoms with Gasteiger partial charge in [0.2, 0.25) is 0 Å². The van der Waals surface area contributed by atoms with E-state index in [1.807, 2.05) is 13.8 Å². The summed E-state index contributed by atoms with van der Waals surface area (Å²) in [6.07, 6.45) is 0. The van der Waals surface area contributed by atoms with E-state index >= 15 is 0 Å². The van der Waals surface area contributed by atoms with Crippen molar-refractivity contribution in [3.63, 3.8) is 0 Å². The molecule has 0 bridgehead atoms. The lowest BCUT2D eigenvalue weighted by Gasteiger charge is -2.22. The van der Waals surface area contributed by atoms with E-state index in [9.17, 15) is 13.2 Å². The van der Waals surface area contributed by atoms with Crippen LogP contribution in [0.15, 0.2) is 77.7 Å². The van der Waals surface area contributed by atoms with Gasteiger partial charge in [-0.2, -0.15) is 0 Å². The molecule has 0 aliphatic rings. The third kappa shape index (κ3) is 4.63. The maximum atomic E-state index is 13.1. The van der Waals surface area contributed by atoms with E-state index in [-0.39, 0.29) is 10.5 Å². The van der Waals surface area contributed by atoms with Crippen LogP contribution in [-0.4, -0.2) is 28.0 Å². The van der Waals surface area contributed by atoms with Gasteiger partial charge in [-0.25, -0.2) is 8.42 Å². The number of ether oxygens (including phenoxy) is 1. The molecule has 0 radical (unpaired) electrons. The minimum Gasteiger partial charge on any atom is -0.494 e. The Morgan fingerprint density at radius 2 is 1.60 bits per heavy atom. The van der Waals surface area contributed by atoms with Crippen molar-refractivity contribution in [3.05, 3.63) is 83.9 Å². The average Bonchev–Trinajstić information content (AvgIpc) is 2.75. The average molecular weight is 425 g/mol. The highest BCUT2D eigenvalue weighted by molar-refractivity contribution is 7.92. The van der Waals surface area contributed by atoms with E-state index in [2.05, 4.69) is 5.32 Å². The molecule has 3 rings (SSSR count). The number of anilines is 2. The normalized spacial score (nSPS) is 11.0. The lowest BCUT2D eigenvalue weighted by atomic mass is 10.1. The second-order valence-corrected chi connectivity index (χ2v) is 8.68. The van der Waals surface area contributed by atoms with Gasteiger partial charge >= 0.3 is 0 Å². The molecular weight excluding hydrogens is 400 g/mol. The molecule has 156 valence electrons. The first-order chi connectivity index (χ1) is 14.3. The van der Waals surface area contributed by atoms with Crippen LogP contribution in [0.1, 0.15) is 22.8 Å². The van der Waals surface area contributed by atoms with Crippen molar-refractivity contribution in [2.24, 2.45) is 0 Å². The summed E-state index contributed by atoms with van der Waals surface area (Å²) in [6.45, 7) is 4.34. The molecule has 1 amide bonds. The number of carbonyl (C=O) groups is 1. The predicted octanol–water partition coefficient (Wildman–Crippen LogP) is 4.47. The Bertz CT molecular complexity index is 1120. The topological polar surface area (TPSA) is 75.7 Å². The van der Waals surface area contributed by atoms with Gasteiger partial charge in [-0.3, -0.25) is 9.10 Å². The molecule has 7 heteroatoms. The molecule has 3 aromatic rings. The highest BCUT2D eigenvalue weighted by atomic mass is 32.2. The number of nitrogens with zero attached hydrogens (tertiary/aromatic N) is 1. The highest BCUT2D eigenvalue weighted by Crippen LogP contribution is 2.27. The summed E-state index contributed by atoms with van der Waals surface area (Å²) >= 11 is 0. The zero-order chi connectivity index (χ0) is 21.7. The molecule has 0 heterocycles. The van der Waals surface area contributed by atoms with E-state index < -0.39 is 15.9 Å². The van der Waals surface area contributed by atoms with Gasteiger partial charge in [-0.15, -0.1) is 0 Å². The molecule has 0 spiro atoms. The molecule has 0 aliphatic carbocycles. The largest absolute Gasteiger partial charge is 0.494 e. The quantitative estimate of drug-likeness (QED) is 0.607. The van der Waals surface area contributed by atoms with Gasteiger partial charge in [-0.05, 0) is 62.4 Å². The third-order valence-corrected chi connectivity index (χ3v) is 6.38. The first-order valence-electron chi connectivity index (χ1n) is 9.51. The number of benzene rings is 3. The van der Waals surface area contributed by atoms with Crippen LogP contribution in [0.2, 0.25) is 0 Å². The smallest absolute Gasteiger partial charge is 0.264 e. The third-order valence-electron chi connectivity index (χ3n) is 4.59. The molecule has 0 unspecified atom stereocenters. The minimum absolute atomic E-state index is 0.164. The van der Waals surface area contributed by atoms with Gasteiger partial charge < -0.3 is 10.1 Å². The fraction of sp³-hybridized carbons (Fsp3) is 0.174. The van der Waals surface area contributed by atoms with Gasteiger partial charge in [-0.1, -0.05) is 29.8 Å². The van der Waals surface area contributed by atoms with E-state index in [1.165, 1.54) is 7.05 Å². The Kier molecular flexibility index (Phi) is 6.42. The summed E-state index contributed by atoms with van der Waals surface area (Å²) in [5.74, 6) is 0.306. The summed E-state index contributed by atoms with van der Waals surface area (Å²) in [4.78, 5) is 13.1. The lowest BCUT2D eigenvalue weighted by molar-refractivity contribution is 0.102. The molecule has 0 saturated heterocycles. The molecule has 30 heavy (non-hydrogen) atoms. The first kappa shape index (κ1) is 21.4. The van der Waals surface area contributed by atoms with E-state index in [0.717, 1.165) is 9.87 Å². The Morgan fingerprint density at radius 1 is 0.967 bits per heavy atom. The van der Waals surface area contributed by atoms with E-state index in [0.29, 0.717) is 23.7 Å². The number of hydrogen-bond donors (Lipinski definition) is 1. The molecule has 0 fully saturated rings. The monoisotopic (exact) mass is 424 g/mol. The Labute approximate surface area is 177 Å². The number of aryl methyl sites for hydroxylation is 1. The fourth-order valence-corrected chi connectivity index (χ4v) is 4.15. The van der Waals surface area contributed by atoms with Gasteiger partial charge in [0.1, 0.15) is 5.75 Å². The van der Waals surface area contributed by atoms with Gasteiger partial charge in [0.05, 0.1) is 22.8 Å². The van der Waals surface area contributed by atoms with Gasteiger partial charge in [0.25, 0.3) is 15.9 Å². The molecule has 0 saturated carbocycles. The van der Waals surface area contributed by atoms with Gasteiger partial charge in [0, 0.05) is 12.7 Å². The molecule has 3 aromatic carbocycles. The van der Waals surface area contributed by atoms with Crippen molar-refractivity contribution in [2.75, 3.05) is 23.3 Å². The SMILES string of the molecule is CCOc1ccc(NC(=O)c2ccccc2N(C)S(=O)(=O)c2ccc(C)cc2)cc1. The van der Waals surface area contributed by atoms with E-state index in [4.69, 9.17) is 4.74 Å². The Balaban J connectivity index is 1.87. The lowest BCUT2D eigenvalue weighted by Crippen LogP contribution is -2.29. The zero-order valence-corrected chi connectivity index (χ0v) is 17.9. The number of sulfonamides is 1. The van der Waals surface area contributed by atoms with Crippen molar-refractivity contribution in [2.45, 2.75) is 18.7 Å². The van der Waals surface area contributed by atoms with Crippen LogP contribution in [0.3, 0.4) is 0 Å². The van der Waals surface area contributed by atoms with Crippen molar-refractivity contribution >= 4 is 27.3 Å². The molecule has 1 N–H and O–H groups in total. The van der Waals surface area contributed by atoms with Crippen LogP contribution < -0.4 is 14.4 Å². The van der Waals surface area contributed by atoms with E-state index in [1.54, 1.807) is 72.8 Å². The summed E-state index contributed by atoms with van der Waals surface area (Å²) in [5, 5.41) is 2.81.